The molecule has 0 unspecified atom stereocenters. The van der Waals surface area contributed by atoms with E-state index in [2.05, 4.69) is 24.3 Å². The number of fused-ring (bicyclic) bond motifs is 5. The lowest BCUT2D eigenvalue weighted by Crippen LogP contribution is -2.28. The van der Waals surface area contributed by atoms with Crippen molar-refractivity contribution in [2.75, 3.05) is 0 Å². The van der Waals surface area contributed by atoms with Gasteiger partial charge in [0.05, 0.1) is 0 Å². The van der Waals surface area contributed by atoms with Crippen molar-refractivity contribution in [1.82, 2.24) is 0 Å². The van der Waals surface area contributed by atoms with Gasteiger partial charge in [-0.3, -0.25) is 9.59 Å². The van der Waals surface area contributed by atoms with Crippen LogP contribution in [0.2, 0.25) is 0 Å². The fourth-order valence-corrected chi connectivity index (χ4v) is 3.63. The Balaban J connectivity index is 1.92. The minimum Gasteiger partial charge on any atom is -0.454 e. The van der Waals surface area contributed by atoms with Crippen molar-refractivity contribution >= 4 is 39.6 Å². The lowest BCUT2D eigenvalue weighted by molar-refractivity contribution is -0.162. The lowest BCUT2D eigenvalue weighted by atomic mass is 9.87. The van der Waals surface area contributed by atoms with E-state index < -0.39 is 24.1 Å². The molecule has 2 atom stereocenters. The Labute approximate surface area is 151 Å². The van der Waals surface area contributed by atoms with Gasteiger partial charge in [-0.2, -0.15) is 0 Å². The second-order valence-corrected chi connectivity index (χ2v) is 6.41. The van der Waals surface area contributed by atoms with Crippen molar-refractivity contribution in [2.24, 2.45) is 0 Å². The largest absolute Gasteiger partial charge is 0.454 e. The summed E-state index contributed by atoms with van der Waals surface area (Å²) in [5.41, 5.74) is 1.83. The van der Waals surface area contributed by atoms with Gasteiger partial charge >= 0.3 is 11.9 Å². The van der Waals surface area contributed by atoms with Crippen LogP contribution in [0.15, 0.2) is 54.6 Å². The van der Waals surface area contributed by atoms with E-state index in [1.807, 2.05) is 30.3 Å². The van der Waals surface area contributed by atoms with Crippen molar-refractivity contribution in [3.05, 3.63) is 65.7 Å². The van der Waals surface area contributed by atoms with E-state index >= 15 is 0 Å². The van der Waals surface area contributed by atoms with Crippen molar-refractivity contribution < 1.29 is 19.1 Å². The molecule has 4 heteroatoms. The summed E-state index contributed by atoms with van der Waals surface area (Å²) in [6.07, 6.45) is 2.46. The van der Waals surface area contributed by atoms with E-state index in [0.29, 0.717) is 0 Å². The van der Waals surface area contributed by atoms with Crippen LogP contribution in [-0.2, 0) is 19.1 Å². The second-order valence-electron chi connectivity index (χ2n) is 6.41. The first-order valence-corrected chi connectivity index (χ1v) is 8.51. The van der Waals surface area contributed by atoms with Crippen LogP contribution in [0.3, 0.4) is 0 Å². The Bertz CT molecular complexity index is 1060. The summed E-state index contributed by atoms with van der Waals surface area (Å²) in [7, 11) is 0. The summed E-state index contributed by atoms with van der Waals surface area (Å²) in [5.74, 6) is -0.820. The highest BCUT2D eigenvalue weighted by Crippen LogP contribution is 2.38. The molecule has 0 fully saturated rings. The lowest BCUT2D eigenvalue weighted by Gasteiger charge is -2.29. The molecule has 0 saturated heterocycles. The van der Waals surface area contributed by atoms with Gasteiger partial charge in [0.15, 0.2) is 12.2 Å². The molecule has 0 radical (unpaired) electrons. The van der Waals surface area contributed by atoms with E-state index in [4.69, 9.17) is 9.47 Å². The van der Waals surface area contributed by atoms with Crippen molar-refractivity contribution in [1.29, 1.82) is 0 Å². The van der Waals surface area contributed by atoms with Gasteiger partial charge in [-0.05, 0) is 33.2 Å². The zero-order valence-electron chi connectivity index (χ0n) is 14.6. The minimum atomic E-state index is -0.646. The number of benzene rings is 3. The van der Waals surface area contributed by atoms with Gasteiger partial charge in [0.1, 0.15) is 0 Å². The van der Waals surface area contributed by atoms with E-state index in [-0.39, 0.29) is 0 Å². The van der Waals surface area contributed by atoms with Crippen molar-refractivity contribution in [3.63, 3.8) is 0 Å². The Hall–Kier alpha value is -3.14. The molecule has 1 aliphatic carbocycles. The van der Waals surface area contributed by atoms with E-state index in [1.165, 1.54) is 24.6 Å². The third kappa shape index (κ3) is 2.73. The second kappa shape index (κ2) is 6.30. The average molecular weight is 346 g/mol. The Kier molecular flexibility index (Phi) is 3.96. The van der Waals surface area contributed by atoms with E-state index in [1.54, 1.807) is 6.08 Å². The maximum absolute atomic E-state index is 11.6. The van der Waals surface area contributed by atoms with Crippen LogP contribution in [0.1, 0.15) is 31.1 Å². The zero-order chi connectivity index (χ0) is 18.3. The summed E-state index contributed by atoms with van der Waals surface area (Å²) in [4.78, 5) is 23.0. The first kappa shape index (κ1) is 16.3. The third-order valence-electron chi connectivity index (χ3n) is 4.65. The molecule has 4 rings (SSSR count). The van der Waals surface area contributed by atoms with Crippen LogP contribution in [-0.4, -0.2) is 18.0 Å². The van der Waals surface area contributed by atoms with E-state index in [0.717, 1.165) is 21.9 Å². The summed E-state index contributed by atoms with van der Waals surface area (Å²) in [6.45, 7) is 2.71. The summed E-state index contributed by atoms with van der Waals surface area (Å²) >= 11 is 0. The normalized spacial score (nSPS) is 18.5. The highest BCUT2D eigenvalue weighted by Gasteiger charge is 2.32. The van der Waals surface area contributed by atoms with Crippen LogP contribution >= 0.6 is 0 Å². The average Bonchev–Trinajstić information content (AvgIpc) is 2.62. The molecule has 130 valence electrons. The third-order valence-corrected chi connectivity index (χ3v) is 4.65. The molecule has 0 bridgehead atoms. The number of hydrogen-bond acceptors (Lipinski definition) is 4. The predicted octanol–water partition coefficient (Wildman–Crippen LogP) is 4.56. The Morgan fingerprint density at radius 3 is 2.31 bits per heavy atom. The quantitative estimate of drug-likeness (QED) is 0.504. The Morgan fingerprint density at radius 1 is 0.808 bits per heavy atom. The van der Waals surface area contributed by atoms with Gasteiger partial charge in [-0.1, -0.05) is 54.6 Å². The molecule has 0 amide bonds. The van der Waals surface area contributed by atoms with Gasteiger partial charge in [0, 0.05) is 19.4 Å². The first-order chi connectivity index (χ1) is 12.5. The predicted molar refractivity (Wildman–Crippen MR) is 101 cm³/mol. The van der Waals surface area contributed by atoms with E-state index in [9.17, 15) is 9.59 Å². The summed E-state index contributed by atoms with van der Waals surface area (Å²) < 4.78 is 10.8. The fourth-order valence-electron chi connectivity index (χ4n) is 3.63. The highest BCUT2D eigenvalue weighted by molar-refractivity contribution is 6.10. The molecule has 0 heterocycles. The zero-order valence-corrected chi connectivity index (χ0v) is 14.6. The van der Waals surface area contributed by atoms with Crippen LogP contribution in [0.4, 0.5) is 0 Å². The number of ether oxygens (including phenoxy) is 2. The van der Waals surface area contributed by atoms with Gasteiger partial charge in [0.25, 0.3) is 0 Å². The maximum atomic E-state index is 11.6. The maximum Gasteiger partial charge on any atom is 0.303 e. The van der Waals surface area contributed by atoms with Gasteiger partial charge in [-0.15, -0.1) is 0 Å². The molecule has 0 aromatic heterocycles. The fraction of sp³-hybridized carbons (Fsp3) is 0.182. The van der Waals surface area contributed by atoms with Gasteiger partial charge in [-0.25, -0.2) is 0 Å². The first-order valence-electron chi connectivity index (χ1n) is 8.51. The molecule has 0 aliphatic heterocycles. The Morgan fingerprint density at radius 2 is 1.54 bits per heavy atom. The molecular formula is C22H18O4. The molecule has 0 saturated carbocycles. The van der Waals surface area contributed by atoms with Crippen LogP contribution in [0.25, 0.3) is 27.6 Å². The number of esters is 2. The molecule has 0 N–H and O–H groups in total. The minimum absolute atomic E-state index is 0.410. The number of hydrogen-bond donors (Lipinski definition) is 0. The number of carbonyl (C=O) groups is 2. The molecule has 1 aliphatic rings. The number of carbonyl (C=O) groups excluding carboxylic acids is 2. The number of rotatable bonds is 2. The van der Waals surface area contributed by atoms with Crippen LogP contribution in [0.5, 0.6) is 0 Å². The summed E-state index contributed by atoms with van der Waals surface area (Å²) in [6, 6.07) is 16.4. The van der Waals surface area contributed by atoms with Crippen molar-refractivity contribution in [2.45, 2.75) is 26.1 Å². The standard InChI is InChI=1S/C22H18O4/c1-13(23)25-21-12-11-19-18-8-7-15-5-3-4-6-16(15)17(18)9-10-20(19)22(21)26-14(2)24/h3-12,21-22H,1-2H3/t21-,22+/m0/s1. The van der Waals surface area contributed by atoms with Gasteiger partial charge < -0.3 is 9.47 Å². The smallest absolute Gasteiger partial charge is 0.303 e. The van der Waals surface area contributed by atoms with Gasteiger partial charge in [0.2, 0.25) is 0 Å². The molecular weight excluding hydrogens is 328 g/mol. The molecule has 3 aromatic rings. The van der Waals surface area contributed by atoms with Crippen molar-refractivity contribution in [3.8, 4) is 0 Å². The monoisotopic (exact) mass is 346 g/mol. The SMILES string of the molecule is CC(=O)O[C@H]1C=Cc2c(ccc3c2ccc2ccccc23)[C@H]1OC(C)=O. The molecule has 4 nitrogen and oxygen atoms in total. The highest BCUT2D eigenvalue weighted by atomic mass is 16.6. The summed E-state index contributed by atoms with van der Waals surface area (Å²) in [5, 5.41) is 4.57. The van der Waals surface area contributed by atoms with Crippen LogP contribution < -0.4 is 0 Å². The molecule has 3 aromatic carbocycles. The molecule has 0 spiro atoms. The topological polar surface area (TPSA) is 52.6 Å². The molecule has 26 heavy (non-hydrogen) atoms. The van der Waals surface area contributed by atoms with Crippen LogP contribution in [0, 0.1) is 0 Å².